The molecule has 0 bridgehead atoms. The summed E-state index contributed by atoms with van der Waals surface area (Å²) < 4.78 is 27.5. The van der Waals surface area contributed by atoms with Gasteiger partial charge in [-0.3, -0.25) is 0 Å². The molecular formula is C10H10N2O2S2. The Morgan fingerprint density at radius 1 is 1.25 bits per heavy atom. The summed E-state index contributed by atoms with van der Waals surface area (Å²) in [4.78, 5) is 3.72. The highest BCUT2D eigenvalue weighted by molar-refractivity contribution is 7.92. The first kappa shape index (κ1) is 11.2. The summed E-state index contributed by atoms with van der Waals surface area (Å²) in [6.07, 6.45) is 1.26. The maximum absolute atomic E-state index is 11.9. The average Bonchev–Trinajstić information content (AvgIpc) is 2.75. The summed E-state index contributed by atoms with van der Waals surface area (Å²) in [5.41, 5.74) is 1.87. The smallest absolute Gasteiger partial charge is 0.221 e. The average molecular weight is 254 g/mol. The lowest BCUT2D eigenvalue weighted by molar-refractivity contribution is 0.594. The zero-order chi connectivity index (χ0) is 11.6. The van der Waals surface area contributed by atoms with Crippen molar-refractivity contribution in [2.45, 2.75) is 17.0 Å². The van der Waals surface area contributed by atoms with Gasteiger partial charge in [-0.25, -0.2) is 13.4 Å². The number of nitrogens with zero attached hydrogens (tertiary/aromatic N) is 2. The quantitative estimate of drug-likeness (QED) is 0.838. The van der Waals surface area contributed by atoms with Crippen LogP contribution >= 0.6 is 11.5 Å². The molecule has 6 heteroatoms. The number of hydrogen-bond donors (Lipinski definition) is 0. The largest absolute Gasteiger partial charge is 0.228 e. The Bertz CT molecular complexity index is 559. The van der Waals surface area contributed by atoms with Crippen molar-refractivity contribution in [3.05, 3.63) is 41.7 Å². The molecule has 0 aliphatic rings. The zero-order valence-corrected chi connectivity index (χ0v) is 10.3. The van der Waals surface area contributed by atoms with Gasteiger partial charge in [0.1, 0.15) is 6.33 Å². The number of sulfone groups is 1. The van der Waals surface area contributed by atoms with E-state index in [9.17, 15) is 8.42 Å². The van der Waals surface area contributed by atoms with Crippen molar-refractivity contribution in [3.63, 3.8) is 0 Å². The lowest BCUT2D eigenvalue weighted by Gasteiger charge is -2.01. The van der Waals surface area contributed by atoms with Gasteiger partial charge >= 0.3 is 0 Å². The second-order valence-electron chi connectivity index (χ2n) is 3.45. The standard InChI is InChI=1S/C10H10N2O2S2/c1-8-2-4-9(5-3-8)6-16(13,14)10-11-7-12-15-10/h2-5,7H,6H2,1H3. The van der Waals surface area contributed by atoms with Crippen LogP contribution in [0.2, 0.25) is 0 Å². The number of aryl methyl sites for hydroxylation is 1. The summed E-state index contributed by atoms with van der Waals surface area (Å²) >= 11 is 0.903. The first-order chi connectivity index (χ1) is 7.58. The lowest BCUT2D eigenvalue weighted by atomic mass is 10.2. The lowest BCUT2D eigenvalue weighted by Crippen LogP contribution is -2.04. The maximum Gasteiger partial charge on any atom is 0.228 e. The summed E-state index contributed by atoms with van der Waals surface area (Å²) in [5.74, 6) is -0.0253. The van der Waals surface area contributed by atoms with E-state index in [1.165, 1.54) is 6.33 Å². The van der Waals surface area contributed by atoms with E-state index in [1.54, 1.807) is 0 Å². The Morgan fingerprint density at radius 2 is 1.94 bits per heavy atom. The van der Waals surface area contributed by atoms with E-state index >= 15 is 0 Å². The van der Waals surface area contributed by atoms with Gasteiger partial charge in [-0.2, -0.15) is 4.37 Å². The van der Waals surface area contributed by atoms with Crippen molar-refractivity contribution >= 4 is 21.4 Å². The molecule has 0 N–H and O–H groups in total. The van der Waals surface area contributed by atoms with Crippen LogP contribution in [0.15, 0.2) is 34.9 Å². The van der Waals surface area contributed by atoms with Crippen molar-refractivity contribution in [3.8, 4) is 0 Å². The van der Waals surface area contributed by atoms with E-state index in [0.717, 1.165) is 22.7 Å². The molecule has 0 saturated heterocycles. The van der Waals surface area contributed by atoms with E-state index in [1.807, 2.05) is 31.2 Å². The predicted molar refractivity (Wildman–Crippen MR) is 62.0 cm³/mol. The number of benzene rings is 1. The Balaban J connectivity index is 2.25. The van der Waals surface area contributed by atoms with Gasteiger partial charge in [0.15, 0.2) is 0 Å². The molecular weight excluding hydrogens is 244 g/mol. The van der Waals surface area contributed by atoms with Crippen LogP contribution < -0.4 is 0 Å². The van der Waals surface area contributed by atoms with Crippen molar-refractivity contribution in [2.75, 3.05) is 0 Å². The van der Waals surface area contributed by atoms with Gasteiger partial charge in [0, 0.05) is 0 Å². The van der Waals surface area contributed by atoms with Crippen molar-refractivity contribution < 1.29 is 8.42 Å². The van der Waals surface area contributed by atoms with E-state index in [2.05, 4.69) is 9.36 Å². The van der Waals surface area contributed by atoms with E-state index in [-0.39, 0.29) is 10.1 Å². The first-order valence-corrected chi connectivity index (χ1v) is 7.05. The molecule has 0 aliphatic carbocycles. The van der Waals surface area contributed by atoms with Crippen LogP contribution in [0.1, 0.15) is 11.1 Å². The second-order valence-corrected chi connectivity index (χ2v) is 6.40. The molecule has 2 aromatic rings. The summed E-state index contributed by atoms with van der Waals surface area (Å²) in [5, 5.41) is 0. The highest BCUT2D eigenvalue weighted by Crippen LogP contribution is 2.16. The molecule has 0 amide bonds. The number of aromatic nitrogens is 2. The van der Waals surface area contributed by atoms with Crippen molar-refractivity contribution in [1.29, 1.82) is 0 Å². The van der Waals surface area contributed by atoms with Crippen LogP contribution in [0.5, 0.6) is 0 Å². The van der Waals surface area contributed by atoms with E-state index < -0.39 is 9.84 Å². The molecule has 0 fully saturated rings. The van der Waals surface area contributed by atoms with Crippen LogP contribution in [0.3, 0.4) is 0 Å². The zero-order valence-electron chi connectivity index (χ0n) is 8.62. The van der Waals surface area contributed by atoms with Crippen LogP contribution in [0, 0.1) is 6.92 Å². The Hall–Kier alpha value is -1.27. The van der Waals surface area contributed by atoms with Crippen LogP contribution in [-0.4, -0.2) is 17.8 Å². The first-order valence-electron chi connectivity index (χ1n) is 4.63. The Kier molecular flexibility index (Phi) is 3.02. The summed E-state index contributed by atoms with van der Waals surface area (Å²) in [7, 11) is -3.34. The minimum atomic E-state index is -3.34. The molecule has 0 radical (unpaired) electrons. The molecule has 0 aliphatic heterocycles. The molecule has 1 heterocycles. The molecule has 0 unspecified atom stereocenters. The van der Waals surface area contributed by atoms with Crippen molar-refractivity contribution in [1.82, 2.24) is 9.36 Å². The maximum atomic E-state index is 11.9. The van der Waals surface area contributed by atoms with Gasteiger partial charge < -0.3 is 0 Å². The van der Waals surface area contributed by atoms with E-state index in [0.29, 0.717) is 0 Å². The van der Waals surface area contributed by atoms with Gasteiger partial charge in [0.2, 0.25) is 14.2 Å². The third-order valence-corrected chi connectivity index (χ3v) is 4.88. The normalized spacial score (nSPS) is 11.6. The minimum absolute atomic E-state index is 0.0253. The fraction of sp³-hybridized carbons (Fsp3) is 0.200. The topological polar surface area (TPSA) is 59.9 Å². The highest BCUT2D eigenvalue weighted by atomic mass is 32.2. The molecule has 84 valence electrons. The molecule has 0 spiro atoms. The molecule has 4 nitrogen and oxygen atoms in total. The monoisotopic (exact) mass is 254 g/mol. The van der Waals surface area contributed by atoms with Gasteiger partial charge in [0.05, 0.1) is 5.75 Å². The fourth-order valence-corrected chi connectivity index (χ4v) is 3.27. The molecule has 16 heavy (non-hydrogen) atoms. The minimum Gasteiger partial charge on any atom is -0.221 e. The van der Waals surface area contributed by atoms with E-state index in [4.69, 9.17) is 0 Å². The molecule has 1 aromatic carbocycles. The van der Waals surface area contributed by atoms with Gasteiger partial charge in [-0.15, -0.1) is 0 Å². The van der Waals surface area contributed by atoms with Crippen LogP contribution in [0.4, 0.5) is 0 Å². The molecule has 0 atom stereocenters. The molecule has 2 rings (SSSR count). The van der Waals surface area contributed by atoms with Gasteiger partial charge in [-0.05, 0) is 24.0 Å². The fourth-order valence-electron chi connectivity index (χ4n) is 1.27. The van der Waals surface area contributed by atoms with Gasteiger partial charge in [0.25, 0.3) is 0 Å². The Morgan fingerprint density at radius 3 is 2.50 bits per heavy atom. The van der Waals surface area contributed by atoms with Crippen LogP contribution in [0.25, 0.3) is 0 Å². The third-order valence-electron chi connectivity index (χ3n) is 2.08. The summed E-state index contributed by atoms with van der Waals surface area (Å²) in [6, 6.07) is 7.41. The predicted octanol–water partition coefficient (Wildman–Crippen LogP) is 1.82. The third kappa shape index (κ3) is 2.45. The SMILES string of the molecule is Cc1ccc(CS(=O)(=O)c2ncns2)cc1. The molecule has 0 saturated carbocycles. The van der Waals surface area contributed by atoms with Crippen LogP contribution in [-0.2, 0) is 15.6 Å². The number of hydrogen-bond acceptors (Lipinski definition) is 5. The number of rotatable bonds is 3. The second kappa shape index (κ2) is 4.31. The summed E-state index contributed by atoms with van der Waals surface area (Å²) in [6.45, 7) is 1.96. The molecule has 1 aromatic heterocycles. The Labute approximate surface area is 98.1 Å². The van der Waals surface area contributed by atoms with Crippen molar-refractivity contribution in [2.24, 2.45) is 0 Å². The van der Waals surface area contributed by atoms with Gasteiger partial charge in [-0.1, -0.05) is 29.8 Å². The highest BCUT2D eigenvalue weighted by Gasteiger charge is 2.18.